The lowest BCUT2D eigenvalue weighted by Crippen LogP contribution is -2.43. The predicted molar refractivity (Wildman–Crippen MR) is 85.4 cm³/mol. The number of anilines is 2. The SMILES string of the molecule is CC1(O)CCN(CCC(=O)Nc2ccc(Cl)c(N)c2)CC1. The molecule has 1 aliphatic heterocycles. The summed E-state index contributed by atoms with van der Waals surface area (Å²) in [4.78, 5) is 14.1. The zero-order valence-corrected chi connectivity index (χ0v) is 13.0. The van der Waals surface area contributed by atoms with Gasteiger partial charge in [-0.15, -0.1) is 0 Å². The summed E-state index contributed by atoms with van der Waals surface area (Å²) in [5.74, 6) is -0.0472. The van der Waals surface area contributed by atoms with Gasteiger partial charge in [-0.25, -0.2) is 0 Å². The second kappa shape index (κ2) is 6.64. The van der Waals surface area contributed by atoms with Crippen molar-refractivity contribution in [2.24, 2.45) is 0 Å². The van der Waals surface area contributed by atoms with Crippen LogP contribution in [0.5, 0.6) is 0 Å². The van der Waals surface area contributed by atoms with E-state index < -0.39 is 5.60 Å². The van der Waals surface area contributed by atoms with Crippen LogP contribution < -0.4 is 11.1 Å². The van der Waals surface area contributed by atoms with Gasteiger partial charge >= 0.3 is 0 Å². The first-order chi connectivity index (χ1) is 9.85. The molecular weight excluding hydrogens is 290 g/mol. The van der Waals surface area contributed by atoms with Crippen LogP contribution in [0.25, 0.3) is 0 Å². The van der Waals surface area contributed by atoms with E-state index in [0.717, 1.165) is 25.9 Å². The lowest BCUT2D eigenvalue weighted by molar-refractivity contribution is -0.116. The third-order valence-corrected chi connectivity index (χ3v) is 4.21. The van der Waals surface area contributed by atoms with E-state index in [0.29, 0.717) is 29.4 Å². The van der Waals surface area contributed by atoms with Gasteiger partial charge < -0.3 is 21.1 Å². The fourth-order valence-electron chi connectivity index (χ4n) is 2.36. The second-order valence-electron chi connectivity index (χ2n) is 5.87. The molecule has 1 amide bonds. The average Bonchev–Trinajstić information content (AvgIpc) is 2.42. The highest BCUT2D eigenvalue weighted by molar-refractivity contribution is 6.33. The van der Waals surface area contributed by atoms with Gasteiger partial charge in [0, 0.05) is 31.7 Å². The first-order valence-corrected chi connectivity index (χ1v) is 7.53. The highest BCUT2D eigenvalue weighted by Gasteiger charge is 2.27. The molecule has 6 heteroatoms. The molecule has 0 aromatic heterocycles. The van der Waals surface area contributed by atoms with Crippen LogP contribution in [0.3, 0.4) is 0 Å². The van der Waals surface area contributed by atoms with E-state index in [9.17, 15) is 9.90 Å². The van der Waals surface area contributed by atoms with Crippen LogP contribution in [0.15, 0.2) is 18.2 Å². The smallest absolute Gasteiger partial charge is 0.225 e. The first-order valence-electron chi connectivity index (χ1n) is 7.15. The van der Waals surface area contributed by atoms with Crippen molar-refractivity contribution in [3.63, 3.8) is 0 Å². The zero-order chi connectivity index (χ0) is 15.5. The lowest BCUT2D eigenvalue weighted by Gasteiger charge is -2.35. The van der Waals surface area contributed by atoms with Crippen molar-refractivity contribution >= 4 is 28.9 Å². The molecule has 0 spiro atoms. The molecule has 1 aliphatic rings. The third-order valence-electron chi connectivity index (χ3n) is 3.87. The maximum atomic E-state index is 11.9. The van der Waals surface area contributed by atoms with Gasteiger partial charge in [0.05, 0.1) is 16.3 Å². The minimum Gasteiger partial charge on any atom is -0.397 e. The molecule has 0 aliphatic carbocycles. The molecule has 0 atom stereocenters. The predicted octanol–water partition coefficient (Wildman–Crippen LogP) is 2.10. The Morgan fingerprint density at radius 1 is 1.48 bits per heavy atom. The number of likely N-dealkylation sites (tertiary alicyclic amines) is 1. The van der Waals surface area contributed by atoms with E-state index >= 15 is 0 Å². The summed E-state index contributed by atoms with van der Waals surface area (Å²) in [7, 11) is 0. The van der Waals surface area contributed by atoms with Crippen LogP contribution in [0, 0.1) is 0 Å². The molecule has 1 aromatic carbocycles. The highest BCUT2D eigenvalue weighted by atomic mass is 35.5. The van der Waals surface area contributed by atoms with Crippen LogP contribution in [-0.2, 0) is 4.79 Å². The number of nitrogens with zero attached hydrogens (tertiary/aromatic N) is 1. The largest absolute Gasteiger partial charge is 0.397 e. The maximum absolute atomic E-state index is 11.9. The fourth-order valence-corrected chi connectivity index (χ4v) is 2.48. The van der Waals surface area contributed by atoms with E-state index in [1.807, 2.05) is 6.92 Å². The number of rotatable bonds is 4. The van der Waals surface area contributed by atoms with E-state index in [4.69, 9.17) is 17.3 Å². The van der Waals surface area contributed by atoms with E-state index in [-0.39, 0.29) is 5.91 Å². The molecule has 2 rings (SSSR count). The van der Waals surface area contributed by atoms with E-state index in [2.05, 4.69) is 10.2 Å². The first kappa shape index (κ1) is 16.1. The van der Waals surface area contributed by atoms with Crippen molar-refractivity contribution in [1.82, 2.24) is 4.90 Å². The zero-order valence-electron chi connectivity index (χ0n) is 12.2. The molecule has 0 radical (unpaired) electrons. The number of halogens is 1. The number of carbonyl (C=O) groups excluding carboxylic acids is 1. The van der Waals surface area contributed by atoms with Crippen molar-refractivity contribution in [3.05, 3.63) is 23.2 Å². The molecule has 116 valence electrons. The number of piperidine rings is 1. The number of benzene rings is 1. The quantitative estimate of drug-likeness (QED) is 0.744. The number of amides is 1. The Balaban J connectivity index is 1.76. The summed E-state index contributed by atoms with van der Waals surface area (Å²) in [5.41, 5.74) is 6.25. The summed E-state index contributed by atoms with van der Waals surface area (Å²) in [6.07, 6.45) is 1.93. The van der Waals surface area contributed by atoms with Gasteiger partial charge in [-0.3, -0.25) is 4.79 Å². The Morgan fingerprint density at radius 3 is 2.76 bits per heavy atom. The van der Waals surface area contributed by atoms with Crippen LogP contribution in [0.4, 0.5) is 11.4 Å². The Morgan fingerprint density at radius 2 is 2.14 bits per heavy atom. The van der Waals surface area contributed by atoms with Gasteiger partial charge in [0.25, 0.3) is 0 Å². The number of nitrogens with one attached hydrogen (secondary N) is 1. The molecule has 1 aromatic rings. The van der Waals surface area contributed by atoms with Gasteiger partial charge in [-0.1, -0.05) is 11.6 Å². The molecule has 1 saturated heterocycles. The molecule has 1 fully saturated rings. The summed E-state index contributed by atoms with van der Waals surface area (Å²) < 4.78 is 0. The minimum atomic E-state index is -0.556. The van der Waals surface area contributed by atoms with Gasteiger partial charge in [-0.2, -0.15) is 0 Å². The normalized spacial score (nSPS) is 18.4. The molecule has 21 heavy (non-hydrogen) atoms. The standard InChI is InChI=1S/C15H22ClN3O2/c1-15(21)5-8-19(9-6-15)7-4-14(20)18-11-2-3-12(16)13(17)10-11/h2-3,10,21H,4-9,17H2,1H3,(H,18,20). The van der Waals surface area contributed by atoms with Crippen LogP contribution in [0.2, 0.25) is 5.02 Å². The summed E-state index contributed by atoms with van der Waals surface area (Å²) >= 11 is 5.84. The molecule has 4 N–H and O–H groups in total. The van der Waals surface area contributed by atoms with Crippen molar-refractivity contribution in [1.29, 1.82) is 0 Å². The van der Waals surface area contributed by atoms with Crippen molar-refractivity contribution in [3.8, 4) is 0 Å². The van der Waals surface area contributed by atoms with E-state index in [1.54, 1.807) is 18.2 Å². The summed E-state index contributed by atoms with van der Waals surface area (Å²) in [6, 6.07) is 5.05. The second-order valence-corrected chi connectivity index (χ2v) is 6.28. The number of nitrogen functional groups attached to an aromatic ring is 1. The Labute approximate surface area is 130 Å². The third kappa shape index (κ3) is 4.88. The molecule has 0 bridgehead atoms. The summed E-state index contributed by atoms with van der Waals surface area (Å²) in [5, 5.41) is 13.2. The maximum Gasteiger partial charge on any atom is 0.225 e. The fraction of sp³-hybridized carbons (Fsp3) is 0.533. The Bertz CT molecular complexity index is 510. The number of nitrogens with two attached hydrogens (primary N) is 1. The highest BCUT2D eigenvalue weighted by Crippen LogP contribution is 2.23. The van der Waals surface area contributed by atoms with Crippen molar-refractivity contribution in [2.45, 2.75) is 31.8 Å². The number of carbonyl (C=O) groups is 1. The van der Waals surface area contributed by atoms with Gasteiger partial charge in [0.1, 0.15) is 0 Å². The van der Waals surface area contributed by atoms with Crippen LogP contribution in [0.1, 0.15) is 26.2 Å². The number of hydrogen-bond acceptors (Lipinski definition) is 4. The Kier molecular flexibility index (Phi) is 5.08. The number of hydrogen-bond donors (Lipinski definition) is 3. The molecular formula is C15H22ClN3O2. The topological polar surface area (TPSA) is 78.6 Å². The van der Waals surface area contributed by atoms with Crippen molar-refractivity contribution in [2.75, 3.05) is 30.7 Å². The lowest BCUT2D eigenvalue weighted by atomic mass is 9.94. The number of aliphatic hydroxyl groups is 1. The molecule has 0 saturated carbocycles. The van der Waals surface area contributed by atoms with Gasteiger partial charge in [0.2, 0.25) is 5.91 Å². The Hall–Kier alpha value is -1.30. The van der Waals surface area contributed by atoms with Crippen LogP contribution >= 0.6 is 11.6 Å². The molecule has 0 unspecified atom stereocenters. The monoisotopic (exact) mass is 311 g/mol. The van der Waals surface area contributed by atoms with Crippen molar-refractivity contribution < 1.29 is 9.90 Å². The minimum absolute atomic E-state index is 0.0472. The van der Waals surface area contributed by atoms with Crippen LogP contribution in [-0.4, -0.2) is 41.1 Å². The van der Waals surface area contributed by atoms with E-state index in [1.165, 1.54) is 0 Å². The molecule has 5 nitrogen and oxygen atoms in total. The molecule has 1 heterocycles. The van der Waals surface area contributed by atoms with Gasteiger partial charge in [0.15, 0.2) is 0 Å². The average molecular weight is 312 g/mol. The summed E-state index contributed by atoms with van der Waals surface area (Å²) in [6.45, 7) is 4.22. The van der Waals surface area contributed by atoms with Gasteiger partial charge in [-0.05, 0) is 38.0 Å².